The number of ketones is 2. The quantitative estimate of drug-likeness (QED) is 0.482. The fraction of sp³-hybridized carbons (Fsp3) is 0.167. The Balaban J connectivity index is 2.15. The van der Waals surface area contributed by atoms with Crippen molar-refractivity contribution >= 4 is 17.5 Å². The van der Waals surface area contributed by atoms with Gasteiger partial charge in [-0.15, -0.1) is 0 Å². The van der Waals surface area contributed by atoms with Gasteiger partial charge in [0.15, 0.2) is 0 Å². The Kier molecular flexibility index (Phi) is 4.84. The summed E-state index contributed by atoms with van der Waals surface area (Å²) < 4.78 is 5.06. The van der Waals surface area contributed by atoms with Gasteiger partial charge in [0.2, 0.25) is 11.6 Å². The number of Topliss-reactive ketones (excluding diaryl/α,β-unsaturated/α-hetero) is 2. The van der Waals surface area contributed by atoms with Gasteiger partial charge in [-0.25, -0.2) is 0 Å². The second-order valence-corrected chi connectivity index (χ2v) is 4.90. The molecule has 0 aliphatic carbocycles. The molecule has 0 amide bonds. The minimum atomic E-state index is -0.558. The van der Waals surface area contributed by atoms with E-state index in [1.54, 1.807) is 61.5 Å². The summed E-state index contributed by atoms with van der Waals surface area (Å²) in [5.41, 5.74) is 1.44. The van der Waals surface area contributed by atoms with Gasteiger partial charge in [0.05, 0.1) is 0 Å². The number of ether oxygens (including phenoxy) is 1. The van der Waals surface area contributed by atoms with Crippen LogP contribution in [0.3, 0.4) is 0 Å². The minimum absolute atomic E-state index is 0.313. The molecule has 0 aromatic heterocycles. The maximum atomic E-state index is 12.2. The van der Waals surface area contributed by atoms with Crippen molar-refractivity contribution in [2.75, 3.05) is 0 Å². The van der Waals surface area contributed by atoms with Crippen LogP contribution in [-0.4, -0.2) is 17.5 Å². The summed E-state index contributed by atoms with van der Waals surface area (Å²) in [5.74, 6) is -1.47. The fourth-order valence-corrected chi connectivity index (χ4v) is 2.07. The minimum Gasteiger partial charge on any atom is -0.458 e. The molecule has 2 aromatic rings. The Morgan fingerprint density at radius 3 is 1.82 bits per heavy atom. The Morgan fingerprint density at radius 1 is 0.818 bits per heavy atom. The number of benzene rings is 2. The summed E-state index contributed by atoms with van der Waals surface area (Å²) in [6, 6.07) is 14.9. The summed E-state index contributed by atoms with van der Waals surface area (Å²) in [6.45, 7) is 3.08. The Morgan fingerprint density at radius 2 is 1.32 bits per heavy atom. The topological polar surface area (TPSA) is 60.4 Å². The molecular formula is C18H16O4. The van der Waals surface area contributed by atoms with Crippen molar-refractivity contribution in [3.8, 4) is 0 Å². The lowest BCUT2D eigenvalue weighted by Crippen LogP contribution is -2.14. The van der Waals surface area contributed by atoms with Gasteiger partial charge in [0.25, 0.3) is 0 Å². The first-order valence-corrected chi connectivity index (χ1v) is 6.90. The highest BCUT2D eigenvalue weighted by Gasteiger charge is 2.18. The van der Waals surface area contributed by atoms with Crippen LogP contribution in [0.1, 0.15) is 46.2 Å². The van der Waals surface area contributed by atoms with Crippen LogP contribution in [0.2, 0.25) is 0 Å². The first-order valence-electron chi connectivity index (χ1n) is 6.90. The van der Waals surface area contributed by atoms with Crippen molar-refractivity contribution in [2.24, 2.45) is 0 Å². The molecule has 0 bridgehead atoms. The van der Waals surface area contributed by atoms with Crippen molar-refractivity contribution in [1.29, 1.82) is 0 Å². The zero-order valence-corrected chi connectivity index (χ0v) is 12.4. The Labute approximate surface area is 128 Å². The highest BCUT2D eigenvalue weighted by Crippen LogP contribution is 2.18. The van der Waals surface area contributed by atoms with Crippen LogP contribution < -0.4 is 0 Å². The third-order valence-electron chi connectivity index (χ3n) is 3.23. The van der Waals surface area contributed by atoms with Crippen LogP contribution >= 0.6 is 0 Å². The molecule has 4 heteroatoms. The van der Waals surface area contributed by atoms with Gasteiger partial charge in [0.1, 0.15) is 6.10 Å². The predicted octanol–water partition coefficient (Wildman–Crippen LogP) is 3.38. The Bertz CT molecular complexity index is 687. The van der Waals surface area contributed by atoms with Crippen molar-refractivity contribution in [1.82, 2.24) is 0 Å². The molecule has 0 saturated heterocycles. The normalized spacial score (nSPS) is 11.5. The maximum absolute atomic E-state index is 12.2. The van der Waals surface area contributed by atoms with Gasteiger partial charge in [-0.3, -0.25) is 14.4 Å². The second-order valence-electron chi connectivity index (χ2n) is 4.90. The van der Waals surface area contributed by atoms with Gasteiger partial charge in [-0.1, -0.05) is 54.6 Å². The largest absolute Gasteiger partial charge is 0.458 e. The van der Waals surface area contributed by atoms with Crippen LogP contribution in [0, 0.1) is 0 Å². The smallest absolute Gasteiger partial charge is 0.303 e. The summed E-state index contributed by atoms with van der Waals surface area (Å²) >= 11 is 0. The third kappa shape index (κ3) is 3.67. The molecule has 1 unspecified atom stereocenters. The van der Waals surface area contributed by atoms with Crippen LogP contribution in [0.4, 0.5) is 0 Å². The molecule has 0 radical (unpaired) electrons. The van der Waals surface area contributed by atoms with Gasteiger partial charge in [-0.2, -0.15) is 0 Å². The molecular weight excluding hydrogens is 280 g/mol. The van der Waals surface area contributed by atoms with Gasteiger partial charge < -0.3 is 4.74 Å². The number of rotatable bonds is 5. The summed E-state index contributed by atoms with van der Waals surface area (Å²) in [5, 5.41) is 0. The van der Waals surface area contributed by atoms with E-state index in [0.717, 1.165) is 5.56 Å². The lowest BCUT2D eigenvalue weighted by molar-refractivity contribution is -0.145. The predicted molar refractivity (Wildman–Crippen MR) is 81.7 cm³/mol. The number of hydrogen-bond acceptors (Lipinski definition) is 4. The average Bonchev–Trinajstić information content (AvgIpc) is 2.54. The van der Waals surface area contributed by atoms with Gasteiger partial charge >= 0.3 is 5.97 Å². The molecule has 0 aliphatic heterocycles. The first-order chi connectivity index (χ1) is 10.5. The van der Waals surface area contributed by atoms with E-state index in [-0.39, 0.29) is 5.97 Å². The molecule has 0 fully saturated rings. The van der Waals surface area contributed by atoms with Crippen molar-refractivity contribution in [3.05, 3.63) is 71.3 Å². The molecule has 0 heterocycles. The molecule has 0 saturated carbocycles. The number of carbonyl (C=O) groups excluding carboxylic acids is 3. The zero-order valence-electron chi connectivity index (χ0n) is 12.4. The Hall–Kier alpha value is -2.75. The third-order valence-corrected chi connectivity index (χ3v) is 3.23. The van der Waals surface area contributed by atoms with Gasteiger partial charge in [0, 0.05) is 18.1 Å². The number of hydrogen-bond donors (Lipinski definition) is 0. The molecule has 4 nitrogen and oxygen atoms in total. The average molecular weight is 296 g/mol. The van der Waals surface area contributed by atoms with Crippen LogP contribution in [0.5, 0.6) is 0 Å². The summed E-state index contributed by atoms with van der Waals surface area (Å²) in [4.78, 5) is 35.2. The SMILES string of the molecule is CC(=O)OC(C)c1ccc(C(=O)C(=O)c2ccccc2)cc1. The molecule has 2 aromatic carbocycles. The van der Waals surface area contributed by atoms with E-state index in [1.807, 2.05) is 0 Å². The van der Waals surface area contributed by atoms with E-state index in [1.165, 1.54) is 6.92 Å². The number of esters is 1. The van der Waals surface area contributed by atoms with Crippen LogP contribution in [0.25, 0.3) is 0 Å². The zero-order chi connectivity index (χ0) is 16.1. The molecule has 0 spiro atoms. The fourth-order valence-electron chi connectivity index (χ4n) is 2.07. The lowest BCUT2D eigenvalue weighted by Gasteiger charge is -2.12. The maximum Gasteiger partial charge on any atom is 0.303 e. The van der Waals surface area contributed by atoms with E-state index in [2.05, 4.69) is 0 Å². The van der Waals surface area contributed by atoms with E-state index in [9.17, 15) is 14.4 Å². The van der Waals surface area contributed by atoms with E-state index >= 15 is 0 Å². The first kappa shape index (κ1) is 15.6. The standard InChI is InChI=1S/C18H16O4/c1-12(22-13(2)19)14-8-10-16(11-9-14)18(21)17(20)15-6-4-3-5-7-15/h3-12H,1-2H3. The van der Waals surface area contributed by atoms with E-state index in [0.29, 0.717) is 11.1 Å². The van der Waals surface area contributed by atoms with Crippen molar-refractivity contribution in [3.63, 3.8) is 0 Å². The van der Waals surface area contributed by atoms with Crippen molar-refractivity contribution in [2.45, 2.75) is 20.0 Å². The van der Waals surface area contributed by atoms with E-state index in [4.69, 9.17) is 4.74 Å². The summed E-state index contributed by atoms with van der Waals surface area (Å²) in [6.07, 6.45) is -0.397. The monoisotopic (exact) mass is 296 g/mol. The lowest BCUT2D eigenvalue weighted by atomic mass is 10.00. The highest BCUT2D eigenvalue weighted by molar-refractivity contribution is 6.49. The molecule has 112 valence electrons. The summed E-state index contributed by atoms with van der Waals surface area (Å²) in [7, 11) is 0. The van der Waals surface area contributed by atoms with E-state index < -0.39 is 17.7 Å². The van der Waals surface area contributed by atoms with Crippen molar-refractivity contribution < 1.29 is 19.1 Å². The highest BCUT2D eigenvalue weighted by atomic mass is 16.5. The van der Waals surface area contributed by atoms with Crippen LogP contribution in [-0.2, 0) is 9.53 Å². The molecule has 1 atom stereocenters. The van der Waals surface area contributed by atoms with Gasteiger partial charge in [-0.05, 0) is 12.5 Å². The molecule has 2 rings (SSSR count). The second kappa shape index (κ2) is 6.80. The molecule has 22 heavy (non-hydrogen) atoms. The number of carbonyl (C=O) groups is 3. The molecule has 0 aliphatic rings. The van der Waals surface area contributed by atoms with Crippen LogP contribution in [0.15, 0.2) is 54.6 Å². The molecule has 0 N–H and O–H groups in total.